The van der Waals surface area contributed by atoms with Crippen molar-refractivity contribution < 1.29 is 4.74 Å². The van der Waals surface area contributed by atoms with Crippen molar-refractivity contribution in [2.75, 3.05) is 7.11 Å². The van der Waals surface area contributed by atoms with Crippen LogP contribution in [0.15, 0.2) is 12.3 Å². The van der Waals surface area contributed by atoms with Gasteiger partial charge in [0, 0.05) is 24.0 Å². The van der Waals surface area contributed by atoms with E-state index in [1.165, 1.54) is 0 Å². The second kappa shape index (κ2) is 3.44. The fourth-order valence-electron chi connectivity index (χ4n) is 0.943. The molecule has 62 valence electrons. The van der Waals surface area contributed by atoms with E-state index in [2.05, 4.69) is 11.9 Å². The standard InChI is InChI=1S/C8H14N2O/c1-3-7(9)8-4-6(11-2)5-10-8/h4-5,7,10H,3,9H2,1-2H3. The van der Waals surface area contributed by atoms with Gasteiger partial charge in [-0.2, -0.15) is 0 Å². The molecule has 1 aromatic rings. The maximum absolute atomic E-state index is 5.78. The van der Waals surface area contributed by atoms with Crippen LogP contribution in [0.25, 0.3) is 0 Å². The molecule has 0 saturated heterocycles. The molecule has 0 saturated carbocycles. The van der Waals surface area contributed by atoms with E-state index in [0.717, 1.165) is 17.9 Å². The van der Waals surface area contributed by atoms with Crippen LogP contribution in [0.1, 0.15) is 25.1 Å². The summed E-state index contributed by atoms with van der Waals surface area (Å²) in [6.45, 7) is 2.05. The molecule has 3 heteroatoms. The summed E-state index contributed by atoms with van der Waals surface area (Å²) >= 11 is 0. The molecule has 1 rings (SSSR count). The smallest absolute Gasteiger partial charge is 0.136 e. The summed E-state index contributed by atoms with van der Waals surface area (Å²) in [5.41, 5.74) is 6.81. The summed E-state index contributed by atoms with van der Waals surface area (Å²) in [6.07, 6.45) is 2.74. The summed E-state index contributed by atoms with van der Waals surface area (Å²) in [7, 11) is 1.64. The Morgan fingerprint density at radius 3 is 2.91 bits per heavy atom. The van der Waals surface area contributed by atoms with E-state index in [9.17, 15) is 0 Å². The minimum atomic E-state index is 0.0962. The van der Waals surface area contributed by atoms with E-state index in [1.807, 2.05) is 12.3 Å². The predicted molar refractivity (Wildman–Crippen MR) is 44.6 cm³/mol. The Morgan fingerprint density at radius 2 is 2.45 bits per heavy atom. The molecule has 1 unspecified atom stereocenters. The topological polar surface area (TPSA) is 51.0 Å². The van der Waals surface area contributed by atoms with Gasteiger partial charge in [0.1, 0.15) is 5.75 Å². The first-order valence-electron chi connectivity index (χ1n) is 3.75. The van der Waals surface area contributed by atoms with Crippen LogP contribution >= 0.6 is 0 Å². The van der Waals surface area contributed by atoms with Gasteiger partial charge in [-0.25, -0.2) is 0 Å². The molecule has 1 heterocycles. The van der Waals surface area contributed by atoms with Gasteiger partial charge in [-0.1, -0.05) is 6.92 Å². The average Bonchev–Trinajstić information content (AvgIpc) is 2.50. The number of nitrogens with one attached hydrogen (secondary N) is 1. The second-order valence-electron chi connectivity index (χ2n) is 2.51. The molecule has 0 aliphatic rings. The van der Waals surface area contributed by atoms with Gasteiger partial charge in [0.15, 0.2) is 0 Å². The Hall–Kier alpha value is -0.960. The molecule has 0 radical (unpaired) electrons. The summed E-state index contributed by atoms with van der Waals surface area (Å²) in [6, 6.07) is 2.02. The van der Waals surface area contributed by atoms with Crippen LogP contribution in [0, 0.1) is 0 Å². The molecule has 0 aliphatic carbocycles. The zero-order valence-corrected chi connectivity index (χ0v) is 6.92. The molecule has 0 fully saturated rings. The highest BCUT2D eigenvalue weighted by Crippen LogP contribution is 2.17. The Morgan fingerprint density at radius 1 is 1.73 bits per heavy atom. The van der Waals surface area contributed by atoms with Crippen molar-refractivity contribution in [3.8, 4) is 5.75 Å². The molecule has 3 N–H and O–H groups in total. The number of ether oxygens (including phenoxy) is 1. The largest absolute Gasteiger partial charge is 0.495 e. The molecule has 1 atom stereocenters. The summed E-state index contributed by atoms with van der Waals surface area (Å²) < 4.78 is 5.00. The lowest BCUT2D eigenvalue weighted by atomic mass is 10.2. The number of rotatable bonds is 3. The molecule has 11 heavy (non-hydrogen) atoms. The molecule has 0 aromatic carbocycles. The molecule has 0 aliphatic heterocycles. The summed E-state index contributed by atoms with van der Waals surface area (Å²) in [4.78, 5) is 3.06. The molecular formula is C8H14N2O. The van der Waals surface area contributed by atoms with Crippen LogP contribution in [0.2, 0.25) is 0 Å². The van der Waals surface area contributed by atoms with Crippen LogP contribution in [-0.2, 0) is 0 Å². The molecule has 0 bridgehead atoms. The van der Waals surface area contributed by atoms with Crippen molar-refractivity contribution in [2.45, 2.75) is 19.4 Å². The maximum atomic E-state index is 5.78. The molecule has 3 nitrogen and oxygen atoms in total. The van der Waals surface area contributed by atoms with Crippen LogP contribution < -0.4 is 10.5 Å². The molecule has 1 aromatic heterocycles. The van der Waals surface area contributed by atoms with Crippen LogP contribution in [0.5, 0.6) is 5.75 Å². The van der Waals surface area contributed by atoms with E-state index in [0.29, 0.717) is 0 Å². The molecule has 0 spiro atoms. The summed E-state index contributed by atoms with van der Waals surface area (Å²) in [5, 5.41) is 0. The van der Waals surface area contributed by atoms with Gasteiger partial charge in [-0.15, -0.1) is 0 Å². The highest BCUT2D eigenvalue weighted by atomic mass is 16.5. The third kappa shape index (κ3) is 1.74. The van der Waals surface area contributed by atoms with E-state index in [4.69, 9.17) is 10.5 Å². The quantitative estimate of drug-likeness (QED) is 0.692. The van der Waals surface area contributed by atoms with Crippen molar-refractivity contribution in [3.05, 3.63) is 18.0 Å². The minimum Gasteiger partial charge on any atom is -0.495 e. The number of methoxy groups -OCH3 is 1. The zero-order valence-electron chi connectivity index (χ0n) is 6.92. The summed E-state index contributed by atoms with van der Waals surface area (Å²) in [5.74, 6) is 0.837. The first-order valence-corrected chi connectivity index (χ1v) is 3.75. The number of aromatic nitrogens is 1. The fraction of sp³-hybridized carbons (Fsp3) is 0.500. The Labute approximate surface area is 66.6 Å². The van der Waals surface area contributed by atoms with Gasteiger partial charge in [-0.3, -0.25) is 0 Å². The van der Waals surface area contributed by atoms with Gasteiger partial charge in [0.2, 0.25) is 0 Å². The van der Waals surface area contributed by atoms with E-state index in [1.54, 1.807) is 7.11 Å². The van der Waals surface area contributed by atoms with E-state index in [-0.39, 0.29) is 6.04 Å². The van der Waals surface area contributed by atoms with Gasteiger partial charge < -0.3 is 15.5 Å². The van der Waals surface area contributed by atoms with E-state index < -0.39 is 0 Å². The van der Waals surface area contributed by atoms with Crippen molar-refractivity contribution in [3.63, 3.8) is 0 Å². The van der Waals surface area contributed by atoms with Gasteiger partial charge in [0.05, 0.1) is 7.11 Å². The molecule has 0 amide bonds. The lowest BCUT2D eigenvalue weighted by Crippen LogP contribution is -2.08. The van der Waals surface area contributed by atoms with E-state index >= 15 is 0 Å². The third-order valence-corrected chi connectivity index (χ3v) is 1.75. The van der Waals surface area contributed by atoms with Crippen LogP contribution in [-0.4, -0.2) is 12.1 Å². The monoisotopic (exact) mass is 154 g/mol. The van der Waals surface area contributed by atoms with Crippen molar-refractivity contribution >= 4 is 0 Å². The highest BCUT2D eigenvalue weighted by Gasteiger charge is 2.05. The lowest BCUT2D eigenvalue weighted by molar-refractivity contribution is 0.415. The number of H-pyrrole nitrogens is 1. The van der Waals surface area contributed by atoms with Crippen LogP contribution in [0.4, 0.5) is 0 Å². The minimum absolute atomic E-state index is 0.0962. The Balaban J connectivity index is 2.71. The maximum Gasteiger partial charge on any atom is 0.136 e. The van der Waals surface area contributed by atoms with Gasteiger partial charge in [-0.05, 0) is 6.42 Å². The Kier molecular flexibility index (Phi) is 2.54. The second-order valence-corrected chi connectivity index (χ2v) is 2.51. The van der Waals surface area contributed by atoms with Gasteiger partial charge >= 0.3 is 0 Å². The normalized spacial score (nSPS) is 13.0. The SMILES string of the molecule is CCC(N)c1cc(OC)c[nH]1. The Bertz CT molecular complexity index is 220. The first kappa shape index (κ1) is 8.14. The predicted octanol–water partition coefficient (Wildman–Crippen LogP) is 1.43. The van der Waals surface area contributed by atoms with Crippen molar-refractivity contribution in [1.29, 1.82) is 0 Å². The van der Waals surface area contributed by atoms with Crippen LogP contribution in [0.3, 0.4) is 0 Å². The third-order valence-electron chi connectivity index (χ3n) is 1.75. The number of hydrogen-bond donors (Lipinski definition) is 2. The number of nitrogens with two attached hydrogens (primary N) is 1. The van der Waals surface area contributed by atoms with Crippen molar-refractivity contribution in [1.82, 2.24) is 4.98 Å². The van der Waals surface area contributed by atoms with Crippen molar-refractivity contribution in [2.24, 2.45) is 5.73 Å². The number of hydrogen-bond acceptors (Lipinski definition) is 2. The van der Waals surface area contributed by atoms with Gasteiger partial charge in [0.25, 0.3) is 0 Å². The fourth-order valence-corrected chi connectivity index (χ4v) is 0.943. The zero-order chi connectivity index (χ0) is 8.27. The lowest BCUT2D eigenvalue weighted by Gasteiger charge is -2.03. The highest BCUT2D eigenvalue weighted by molar-refractivity contribution is 5.24. The molecular weight excluding hydrogens is 140 g/mol. The average molecular weight is 154 g/mol. The number of aromatic amines is 1. The first-order chi connectivity index (χ1) is 5.27.